The maximum absolute atomic E-state index is 11.2. The molecule has 0 atom stereocenters. The van der Waals surface area contributed by atoms with Crippen LogP contribution < -0.4 is 16.4 Å². The summed E-state index contributed by atoms with van der Waals surface area (Å²) in [5, 5.41) is 14.5. The molecule has 2 heterocycles. The minimum absolute atomic E-state index is 0.0240. The molecule has 3 aromatic rings. The topological polar surface area (TPSA) is 148 Å². The summed E-state index contributed by atoms with van der Waals surface area (Å²) >= 11 is 0. The lowest BCUT2D eigenvalue weighted by Gasteiger charge is -2.07. The number of amides is 1. The average Bonchev–Trinajstić information content (AvgIpc) is 2.97. The van der Waals surface area contributed by atoms with Crippen molar-refractivity contribution in [1.29, 1.82) is 0 Å². The third kappa shape index (κ3) is 3.17. The number of ether oxygens (including phenoxy) is 1. The van der Waals surface area contributed by atoms with Crippen LogP contribution >= 0.6 is 0 Å². The van der Waals surface area contributed by atoms with Gasteiger partial charge < -0.3 is 25.3 Å². The van der Waals surface area contributed by atoms with Crippen LogP contribution in [0.25, 0.3) is 11.2 Å². The first-order valence-corrected chi connectivity index (χ1v) is 6.85. The van der Waals surface area contributed by atoms with Gasteiger partial charge in [0.15, 0.2) is 11.3 Å². The van der Waals surface area contributed by atoms with E-state index in [0.717, 1.165) is 5.56 Å². The zero-order chi connectivity index (χ0) is 17.1. The molecule has 124 valence electrons. The van der Waals surface area contributed by atoms with Gasteiger partial charge >= 0.3 is 12.1 Å². The Bertz CT molecular complexity index is 894. The highest BCUT2D eigenvalue weighted by Gasteiger charge is 2.16. The summed E-state index contributed by atoms with van der Waals surface area (Å²) in [7, 11) is 1.22. The van der Waals surface area contributed by atoms with Crippen molar-refractivity contribution >= 4 is 40.8 Å². The van der Waals surface area contributed by atoms with Gasteiger partial charge in [-0.05, 0) is 17.7 Å². The molecule has 10 nitrogen and oxygen atoms in total. The van der Waals surface area contributed by atoms with E-state index in [0.29, 0.717) is 11.5 Å². The SMILES string of the molecule is COC(=O)Nc1nc2c(Nc3cccc(CO)c3)nc(N)nc2o1. The molecule has 5 N–H and O–H groups in total. The van der Waals surface area contributed by atoms with Crippen LogP contribution in [0.1, 0.15) is 5.56 Å². The summed E-state index contributed by atoms with van der Waals surface area (Å²) in [4.78, 5) is 23.4. The van der Waals surface area contributed by atoms with E-state index in [4.69, 9.17) is 10.2 Å². The number of oxazole rings is 1. The minimum atomic E-state index is -0.729. The van der Waals surface area contributed by atoms with Crippen molar-refractivity contribution in [3.05, 3.63) is 29.8 Å². The number of hydrogen-bond donors (Lipinski definition) is 4. The highest BCUT2D eigenvalue weighted by atomic mass is 16.5. The Labute approximate surface area is 135 Å². The molecule has 1 aromatic carbocycles. The molecule has 0 aliphatic heterocycles. The Hall–Kier alpha value is -3.40. The summed E-state index contributed by atoms with van der Waals surface area (Å²) < 4.78 is 9.79. The van der Waals surface area contributed by atoms with Crippen LogP contribution in [0.2, 0.25) is 0 Å². The first kappa shape index (κ1) is 15.5. The first-order chi connectivity index (χ1) is 11.6. The number of benzene rings is 1. The third-order valence-corrected chi connectivity index (χ3v) is 3.04. The molecule has 0 fully saturated rings. The lowest BCUT2D eigenvalue weighted by Crippen LogP contribution is -2.10. The summed E-state index contributed by atoms with van der Waals surface area (Å²) in [6, 6.07) is 7.00. The van der Waals surface area contributed by atoms with Gasteiger partial charge in [0.05, 0.1) is 13.7 Å². The molecule has 0 bridgehead atoms. The van der Waals surface area contributed by atoms with Crippen LogP contribution in [0.4, 0.5) is 28.3 Å². The van der Waals surface area contributed by atoms with E-state index in [9.17, 15) is 9.90 Å². The number of hydrogen-bond acceptors (Lipinski definition) is 9. The molecule has 0 radical (unpaired) electrons. The Balaban J connectivity index is 1.98. The van der Waals surface area contributed by atoms with Gasteiger partial charge in [-0.15, -0.1) is 0 Å². The second-order valence-electron chi connectivity index (χ2n) is 4.70. The molecule has 2 aromatic heterocycles. The van der Waals surface area contributed by atoms with Crippen LogP contribution in [0.15, 0.2) is 28.7 Å². The van der Waals surface area contributed by atoms with Crippen molar-refractivity contribution in [2.75, 3.05) is 23.5 Å². The van der Waals surface area contributed by atoms with Crippen molar-refractivity contribution < 1.29 is 19.1 Å². The largest absolute Gasteiger partial charge is 0.453 e. The Morgan fingerprint density at radius 3 is 2.96 bits per heavy atom. The van der Waals surface area contributed by atoms with E-state index in [-0.39, 0.29) is 29.8 Å². The van der Waals surface area contributed by atoms with Crippen LogP contribution in [0, 0.1) is 0 Å². The molecule has 0 spiro atoms. The Morgan fingerprint density at radius 2 is 2.21 bits per heavy atom. The Morgan fingerprint density at radius 1 is 1.38 bits per heavy atom. The highest BCUT2D eigenvalue weighted by molar-refractivity contribution is 5.88. The Kier molecular flexibility index (Phi) is 4.12. The summed E-state index contributed by atoms with van der Waals surface area (Å²) in [5.41, 5.74) is 7.46. The lowest BCUT2D eigenvalue weighted by molar-refractivity contribution is 0.186. The number of aliphatic hydroxyl groups is 1. The predicted molar refractivity (Wildman–Crippen MR) is 85.7 cm³/mol. The molecule has 0 aliphatic carbocycles. The van der Waals surface area contributed by atoms with Gasteiger partial charge in [0.1, 0.15) is 0 Å². The number of carbonyl (C=O) groups is 1. The number of fused-ring (bicyclic) bond motifs is 1. The number of nitrogens with one attached hydrogen (secondary N) is 2. The summed E-state index contributed by atoms with van der Waals surface area (Å²) in [6.07, 6.45) is -0.729. The third-order valence-electron chi connectivity index (χ3n) is 3.04. The quantitative estimate of drug-likeness (QED) is 0.559. The van der Waals surface area contributed by atoms with Crippen molar-refractivity contribution in [1.82, 2.24) is 15.0 Å². The highest BCUT2D eigenvalue weighted by Crippen LogP contribution is 2.26. The number of aliphatic hydroxyl groups excluding tert-OH is 1. The van der Waals surface area contributed by atoms with Gasteiger partial charge in [0.2, 0.25) is 5.95 Å². The van der Waals surface area contributed by atoms with E-state index < -0.39 is 6.09 Å². The summed E-state index contributed by atoms with van der Waals surface area (Å²) in [5.74, 6) is 0.276. The number of aromatic nitrogens is 3. The van der Waals surface area contributed by atoms with Crippen molar-refractivity contribution in [3.63, 3.8) is 0 Å². The normalized spacial score (nSPS) is 10.6. The van der Waals surface area contributed by atoms with E-state index in [1.807, 2.05) is 0 Å². The van der Waals surface area contributed by atoms with E-state index >= 15 is 0 Å². The molecular weight excluding hydrogens is 316 g/mol. The zero-order valence-corrected chi connectivity index (χ0v) is 12.6. The number of nitrogens with zero attached hydrogens (tertiary/aromatic N) is 3. The van der Waals surface area contributed by atoms with Crippen LogP contribution in [-0.2, 0) is 11.3 Å². The lowest BCUT2D eigenvalue weighted by atomic mass is 10.2. The van der Waals surface area contributed by atoms with E-state index in [2.05, 4.69) is 30.3 Å². The van der Waals surface area contributed by atoms with Crippen LogP contribution in [0.5, 0.6) is 0 Å². The van der Waals surface area contributed by atoms with Gasteiger partial charge in [0.25, 0.3) is 5.71 Å². The van der Waals surface area contributed by atoms with E-state index in [1.165, 1.54) is 7.11 Å². The minimum Gasteiger partial charge on any atom is -0.453 e. The van der Waals surface area contributed by atoms with Crippen molar-refractivity contribution in [2.45, 2.75) is 6.61 Å². The molecule has 1 amide bonds. The number of rotatable bonds is 4. The smallest absolute Gasteiger partial charge is 0.414 e. The molecule has 0 saturated carbocycles. The maximum atomic E-state index is 11.2. The van der Waals surface area contributed by atoms with E-state index in [1.54, 1.807) is 24.3 Å². The molecular formula is C14H14N6O4. The number of anilines is 4. The van der Waals surface area contributed by atoms with Gasteiger partial charge in [0, 0.05) is 5.69 Å². The van der Waals surface area contributed by atoms with Crippen LogP contribution in [0.3, 0.4) is 0 Å². The maximum Gasteiger partial charge on any atom is 0.414 e. The number of carbonyl (C=O) groups excluding carboxylic acids is 1. The molecule has 3 rings (SSSR count). The fraction of sp³-hybridized carbons (Fsp3) is 0.143. The van der Waals surface area contributed by atoms with Gasteiger partial charge in [-0.25, -0.2) is 10.1 Å². The second-order valence-corrected chi connectivity index (χ2v) is 4.70. The van der Waals surface area contributed by atoms with Crippen molar-refractivity contribution in [3.8, 4) is 0 Å². The standard InChI is InChI=1S/C14H14N6O4/c1-23-14(22)20-13-17-9-10(18-12(15)19-11(9)24-13)16-8-4-2-3-7(5-8)6-21/h2-5,21H,6H2,1H3,(H,17,20,22)(H3,15,16,18,19). The summed E-state index contributed by atoms with van der Waals surface area (Å²) in [6.45, 7) is -0.0893. The number of nitrogen functional groups attached to an aromatic ring is 1. The molecule has 10 heteroatoms. The van der Waals surface area contributed by atoms with Gasteiger partial charge in [-0.3, -0.25) is 0 Å². The first-order valence-electron chi connectivity index (χ1n) is 6.85. The molecule has 0 saturated heterocycles. The zero-order valence-electron chi connectivity index (χ0n) is 12.6. The fourth-order valence-corrected chi connectivity index (χ4v) is 2.00. The average molecular weight is 330 g/mol. The molecule has 24 heavy (non-hydrogen) atoms. The number of nitrogens with two attached hydrogens (primary N) is 1. The van der Waals surface area contributed by atoms with Gasteiger partial charge in [-0.2, -0.15) is 15.0 Å². The van der Waals surface area contributed by atoms with Gasteiger partial charge in [-0.1, -0.05) is 12.1 Å². The molecule has 0 aliphatic rings. The second kappa shape index (κ2) is 6.38. The monoisotopic (exact) mass is 330 g/mol. The van der Waals surface area contributed by atoms with Crippen LogP contribution in [-0.4, -0.2) is 33.3 Å². The number of methoxy groups -OCH3 is 1. The molecule has 0 unspecified atom stereocenters. The fourth-order valence-electron chi connectivity index (χ4n) is 2.00. The van der Waals surface area contributed by atoms with Crippen molar-refractivity contribution in [2.24, 2.45) is 0 Å². The predicted octanol–water partition coefficient (Wildman–Crippen LogP) is 1.61.